The van der Waals surface area contributed by atoms with Crippen molar-refractivity contribution in [3.63, 3.8) is 0 Å². The lowest BCUT2D eigenvalue weighted by Crippen LogP contribution is -1.98. The van der Waals surface area contributed by atoms with Gasteiger partial charge in [-0.2, -0.15) is 0 Å². The van der Waals surface area contributed by atoms with Crippen LogP contribution in [0, 0.1) is 0 Å². The molecule has 0 spiro atoms. The molecule has 0 N–H and O–H groups in total. The van der Waals surface area contributed by atoms with Gasteiger partial charge >= 0.3 is 8.25 Å². The van der Waals surface area contributed by atoms with Gasteiger partial charge in [-0.25, -0.2) is 0 Å². The zero-order valence-corrected chi connectivity index (χ0v) is 8.56. The molecule has 0 saturated carbocycles. The first-order chi connectivity index (χ1) is 5.60. The Balaban J connectivity index is 3.73. The van der Waals surface area contributed by atoms with E-state index in [9.17, 15) is 4.57 Å². The van der Waals surface area contributed by atoms with Crippen molar-refractivity contribution in [2.75, 3.05) is 0 Å². The van der Waals surface area contributed by atoms with Crippen LogP contribution in [0.3, 0.4) is 0 Å². The van der Waals surface area contributed by atoms with E-state index < -0.39 is 19.4 Å². The van der Waals surface area contributed by atoms with Gasteiger partial charge in [-0.3, -0.25) is 0 Å². The third kappa shape index (κ3) is 5.70. The molecule has 2 atom stereocenters. The Morgan fingerprint density at radius 2 is 1.50 bits per heavy atom. The molecule has 3 nitrogen and oxygen atoms in total. The van der Waals surface area contributed by atoms with Gasteiger partial charge in [0.25, 0.3) is 0 Å². The zero-order valence-electron chi connectivity index (χ0n) is 6.15. The fourth-order valence-corrected chi connectivity index (χ4v) is 1.22. The van der Waals surface area contributed by atoms with E-state index in [0.717, 1.165) is 0 Å². The van der Waals surface area contributed by atoms with Crippen molar-refractivity contribution < 1.29 is 13.6 Å². The Morgan fingerprint density at radius 1 is 1.17 bits per heavy atom. The van der Waals surface area contributed by atoms with Crippen LogP contribution in [0.4, 0.5) is 0 Å². The minimum Gasteiger partial charge on any atom is -0.0991 e. The molecule has 0 fully saturated rings. The smallest absolute Gasteiger partial charge is 0.0991 e. The highest BCUT2D eigenvalue weighted by molar-refractivity contribution is 7.33. The van der Waals surface area contributed by atoms with E-state index in [-0.39, 0.29) is 0 Å². The van der Waals surface area contributed by atoms with Crippen LogP contribution in [0.25, 0.3) is 0 Å². The predicted molar refractivity (Wildman–Crippen MR) is 49.5 cm³/mol. The molecule has 0 heterocycles. The summed E-state index contributed by atoms with van der Waals surface area (Å²) in [5.74, 6) is 0. The molecule has 0 amide bonds. The normalized spacial score (nSPS) is 16.3. The van der Waals surface area contributed by atoms with E-state index in [2.05, 4.69) is 22.2 Å². The third-order valence-electron chi connectivity index (χ3n) is 0.744. The number of rotatable bonds is 6. The van der Waals surface area contributed by atoms with Crippen molar-refractivity contribution in [3.05, 3.63) is 25.3 Å². The zero-order chi connectivity index (χ0) is 9.56. The maximum absolute atomic E-state index is 10.8. The van der Waals surface area contributed by atoms with Crippen LogP contribution in [0.1, 0.15) is 0 Å². The maximum atomic E-state index is 10.8. The van der Waals surface area contributed by atoms with E-state index in [4.69, 9.17) is 23.2 Å². The molecule has 12 heavy (non-hydrogen) atoms. The number of hydrogen-bond acceptors (Lipinski definition) is 3. The summed E-state index contributed by atoms with van der Waals surface area (Å²) < 4.78 is 20.0. The summed E-state index contributed by atoms with van der Waals surface area (Å²) in [6.45, 7) is 6.64. The molecule has 0 aliphatic carbocycles. The van der Waals surface area contributed by atoms with Gasteiger partial charge in [-0.1, -0.05) is 45.4 Å². The van der Waals surface area contributed by atoms with Crippen molar-refractivity contribution in [3.8, 4) is 0 Å². The fraction of sp³-hybridized carbons (Fsp3) is 0.333. The predicted octanol–water partition coefficient (Wildman–Crippen LogP) is 3.18. The van der Waals surface area contributed by atoms with Gasteiger partial charge in [0.15, 0.2) is 0 Å². The van der Waals surface area contributed by atoms with Gasteiger partial charge in [0.1, 0.15) is 0 Å². The van der Waals surface area contributed by atoms with Crippen molar-refractivity contribution in [2.45, 2.75) is 11.1 Å². The number of hydrogen-bond donors (Lipinski definition) is 0. The van der Waals surface area contributed by atoms with Crippen molar-refractivity contribution >= 4 is 31.5 Å². The summed E-state index contributed by atoms with van der Waals surface area (Å²) >= 11 is 10.8. The number of alkyl halides is 2. The highest BCUT2D eigenvalue weighted by Gasteiger charge is 2.27. The van der Waals surface area contributed by atoms with Crippen LogP contribution in [0.2, 0.25) is 0 Å². The van der Waals surface area contributed by atoms with Crippen LogP contribution in [-0.2, 0) is 13.6 Å². The first kappa shape index (κ1) is 12.1. The first-order valence-electron chi connectivity index (χ1n) is 2.94. The molecule has 0 aliphatic heterocycles. The highest BCUT2D eigenvalue weighted by atomic mass is 35.5. The van der Waals surface area contributed by atoms with Crippen molar-refractivity contribution in [1.82, 2.24) is 0 Å². The Labute approximate surface area is 81.9 Å². The SMILES string of the molecule is C=CC(Cl)O[P+](=O)OC(Cl)C=C. The second-order valence-corrected chi connectivity index (χ2v) is 3.34. The largest absolute Gasteiger partial charge is 0.701 e. The summed E-state index contributed by atoms with van der Waals surface area (Å²) in [5, 5.41) is 0. The minimum absolute atomic E-state index is 0.845. The van der Waals surface area contributed by atoms with Gasteiger partial charge in [0.2, 0.25) is 11.1 Å². The second-order valence-electron chi connectivity index (χ2n) is 1.61. The average molecular weight is 230 g/mol. The molecule has 0 aromatic heterocycles. The molecular formula is C6H8Cl2O3P+. The molecule has 0 aromatic rings. The summed E-state index contributed by atoms with van der Waals surface area (Å²) in [6.07, 6.45) is 2.55. The summed E-state index contributed by atoms with van der Waals surface area (Å²) in [7, 11) is -2.33. The van der Waals surface area contributed by atoms with E-state index in [1.807, 2.05) is 0 Å². The molecule has 0 bridgehead atoms. The van der Waals surface area contributed by atoms with Crippen molar-refractivity contribution in [2.24, 2.45) is 0 Å². The maximum Gasteiger partial charge on any atom is 0.701 e. The minimum atomic E-state index is -2.33. The molecule has 0 radical (unpaired) electrons. The Kier molecular flexibility index (Phi) is 6.62. The molecule has 0 rings (SSSR count). The van der Waals surface area contributed by atoms with E-state index >= 15 is 0 Å². The molecule has 2 unspecified atom stereocenters. The standard InChI is InChI=1S/C6H8Cl2O3P/c1-3-5(7)10-12(9)11-6(8)4-2/h3-6H,1-2H2/q+1. The Morgan fingerprint density at radius 3 is 1.75 bits per heavy atom. The van der Waals surface area contributed by atoms with Gasteiger partial charge in [-0.15, -0.1) is 0 Å². The Bertz CT molecular complexity index is 168. The molecule has 0 saturated heterocycles. The molecule has 6 heteroatoms. The molecular weight excluding hydrogens is 222 g/mol. The summed E-state index contributed by atoms with van der Waals surface area (Å²) in [4.78, 5) is 0. The second kappa shape index (κ2) is 6.58. The molecule has 0 aromatic carbocycles. The van der Waals surface area contributed by atoms with Crippen LogP contribution in [0.5, 0.6) is 0 Å². The monoisotopic (exact) mass is 229 g/mol. The quantitative estimate of drug-likeness (QED) is 0.399. The van der Waals surface area contributed by atoms with Gasteiger partial charge in [0, 0.05) is 4.57 Å². The number of halogens is 2. The van der Waals surface area contributed by atoms with Crippen LogP contribution in [-0.4, -0.2) is 11.1 Å². The first-order valence-corrected chi connectivity index (χ1v) is 4.91. The van der Waals surface area contributed by atoms with Crippen LogP contribution < -0.4 is 0 Å². The van der Waals surface area contributed by atoms with Crippen molar-refractivity contribution in [1.29, 1.82) is 0 Å². The molecule has 0 aliphatic rings. The summed E-state index contributed by atoms with van der Waals surface area (Å²) in [6, 6.07) is 0. The average Bonchev–Trinajstić information content (AvgIpc) is 2.03. The lowest BCUT2D eigenvalue weighted by Gasteiger charge is -1.94. The van der Waals surface area contributed by atoms with E-state index in [0.29, 0.717) is 0 Å². The highest BCUT2D eigenvalue weighted by Crippen LogP contribution is 2.30. The molecule has 68 valence electrons. The lowest BCUT2D eigenvalue weighted by atomic mass is 10.7. The van der Waals surface area contributed by atoms with Crippen LogP contribution >= 0.6 is 31.5 Å². The van der Waals surface area contributed by atoms with Gasteiger partial charge < -0.3 is 0 Å². The lowest BCUT2D eigenvalue weighted by molar-refractivity contribution is 0.230. The Hall–Kier alpha value is 0.0800. The topological polar surface area (TPSA) is 35.5 Å². The van der Waals surface area contributed by atoms with Gasteiger partial charge in [-0.05, 0) is 12.2 Å². The summed E-state index contributed by atoms with van der Waals surface area (Å²) in [5.41, 5.74) is -1.69. The van der Waals surface area contributed by atoms with Gasteiger partial charge in [0.05, 0.1) is 0 Å². The van der Waals surface area contributed by atoms with Crippen LogP contribution in [0.15, 0.2) is 25.3 Å². The van der Waals surface area contributed by atoms with E-state index in [1.54, 1.807) is 0 Å². The fourth-order valence-electron chi connectivity index (χ4n) is 0.275. The third-order valence-corrected chi connectivity index (χ3v) is 2.33. The van der Waals surface area contributed by atoms with E-state index in [1.165, 1.54) is 12.2 Å².